The highest BCUT2D eigenvalue weighted by Gasteiger charge is 2.28. The van der Waals surface area contributed by atoms with Crippen LogP contribution in [-0.4, -0.2) is 44.2 Å². The molecule has 2 aromatic rings. The number of hydrogen-bond donors (Lipinski definition) is 1. The summed E-state index contributed by atoms with van der Waals surface area (Å²) < 4.78 is 5.47. The molecule has 20 heavy (non-hydrogen) atoms. The van der Waals surface area contributed by atoms with E-state index >= 15 is 0 Å². The fourth-order valence-corrected chi connectivity index (χ4v) is 2.62. The molecule has 2 aromatic heterocycles. The first-order valence-corrected chi connectivity index (χ1v) is 7.16. The Bertz CT molecular complexity index is 606. The first kappa shape index (κ1) is 12.9. The average molecular weight is 292 g/mol. The van der Waals surface area contributed by atoms with Crippen LogP contribution >= 0.6 is 11.8 Å². The molecule has 0 bridgehead atoms. The highest BCUT2D eigenvalue weighted by atomic mass is 32.2. The second-order valence-electron chi connectivity index (χ2n) is 4.24. The number of thioether (sulfide) groups is 1. The quantitative estimate of drug-likeness (QED) is 0.659. The van der Waals surface area contributed by atoms with Crippen LogP contribution in [0, 0.1) is 0 Å². The number of likely N-dealkylation sites (tertiary alicyclic amines) is 1. The van der Waals surface area contributed by atoms with Crippen molar-refractivity contribution in [2.75, 3.05) is 12.3 Å². The van der Waals surface area contributed by atoms with Crippen molar-refractivity contribution in [2.24, 2.45) is 0 Å². The summed E-state index contributed by atoms with van der Waals surface area (Å²) in [6, 6.07) is 3.68. The lowest BCUT2D eigenvalue weighted by atomic mass is 10.4. The molecule has 0 atom stereocenters. The van der Waals surface area contributed by atoms with Crippen LogP contribution in [0.2, 0.25) is 0 Å². The van der Waals surface area contributed by atoms with Gasteiger partial charge in [-0.3, -0.25) is 14.5 Å². The van der Waals surface area contributed by atoms with E-state index in [4.69, 9.17) is 4.42 Å². The third-order valence-corrected chi connectivity index (χ3v) is 3.73. The molecule has 0 aromatic carbocycles. The van der Waals surface area contributed by atoms with Crippen LogP contribution in [0.3, 0.4) is 0 Å². The van der Waals surface area contributed by atoms with Crippen molar-refractivity contribution >= 4 is 23.6 Å². The van der Waals surface area contributed by atoms with Gasteiger partial charge in [0.15, 0.2) is 0 Å². The van der Waals surface area contributed by atoms with Crippen molar-refractivity contribution in [3.05, 3.63) is 18.3 Å². The van der Waals surface area contributed by atoms with Gasteiger partial charge >= 0.3 is 0 Å². The average Bonchev–Trinajstić information content (AvgIpc) is 3.14. The summed E-state index contributed by atoms with van der Waals surface area (Å²) in [4.78, 5) is 27.1. The van der Waals surface area contributed by atoms with E-state index < -0.39 is 0 Å². The summed E-state index contributed by atoms with van der Waals surface area (Å²) in [6.07, 6.45) is 2.42. The zero-order chi connectivity index (χ0) is 13.9. The fraction of sp³-hybridized carbons (Fsp3) is 0.333. The maximum absolute atomic E-state index is 11.4. The predicted molar refractivity (Wildman–Crippen MR) is 70.8 cm³/mol. The van der Waals surface area contributed by atoms with Crippen LogP contribution in [-0.2, 0) is 9.59 Å². The van der Waals surface area contributed by atoms with Gasteiger partial charge in [0.25, 0.3) is 11.1 Å². The Kier molecular flexibility index (Phi) is 3.55. The maximum atomic E-state index is 11.4. The van der Waals surface area contributed by atoms with Gasteiger partial charge in [0.1, 0.15) is 5.69 Å². The van der Waals surface area contributed by atoms with Gasteiger partial charge in [0.2, 0.25) is 11.8 Å². The van der Waals surface area contributed by atoms with Crippen LogP contribution in [0.25, 0.3) is 11.6 Å². The van der Waals surface area contributed by atoms with Gasteiger partial charge in [-0.25, -0.2) is 0 Å². The third-order valence-electron chi connectivity index (χ3n) is 2.93. The lowest BCUT2D eigenvalue weighted by molar-refractivity contribution is -0.137. The van der Waals surface area contributed by atoms with E-state index in [1.165, 1.54) is 16.7 Å². The van der Waals surface area contributed by atoms with Crippen molar-refractivity contribution in [2.45, 2.75) is 18.1 Å². The number of hydrogen-bond acceptors (Lipinski definition) is 6. The van der Waals surface area contributed by atoms with Gasteiger partial charge < -0.3 is 9.40 Å². The zero-order valence-corrected chi connectivity index (χ0v) is 11.4. The molecule has 2 amide bonds. The number of carbonyl (C=O) groups excluding carboxylic acids is 2. The van der Waals surface area contributed by atoms with Gasteiger partial charge in [0.05, 0.1) is 0 Å². The molecule has 0 spiro atoms. The van der Waals surface area contributed by atoms with Crippen LogP contribution in [0.1, 0.15) is 12.8 Å². The van der Waals surface area contributed by atoms with E-state index in [9.17, 15) is 9.59 Å². The molecule has 7 nitrogen and oxygen atoms in total. The van der Waals surface area contributed by atoms with E-state index in [0.717, 1.165) is 5.69 Å². The van der Waals surface area contributed by atoms with E-state index in [-0.39, 0.29) is 11.8 Å². The fourth-order valence-electron chi connectivity index (χ4n) is 1.94. The van der Waals surface area contributed by atoms with Crippen molar-refractivity contribution in [3.63, 3.8) is 0 Å². The molecule has 0 saturated carbocycles. The molecule has 0 aliphatic carbocycles. The van der Waals surface area contributed by atoms with Crippen molar-refractivity contribution in [1.29, 1.82) is 0 Å². The van der Waals surface area contributed by atoms with Gasteiger partial charge in [-0.1, -0.05) is 11.8 Å². The highest BCUT2D eigenvalue weighted by Crippen LogP contribution is 2.22. The Labute approximate surface area is 118 Å². The minimum atomic E-state index is -0.104. The minimum Gasteiger partial charge on any atom is -0.410 e. The zero-order valence-electron chi connectivity index (χ0n) is 10.5. The predicted octanol–water partition coefficient (Wildman–Crippen LogP) is 1.31. The summed E-state index contributed by atoms with van der Waals surface area (Å²) in [5.41, 5.74) is 0.759. The molecule has 0 radical (unpaired) electrons. The van der Waals surface area contributed by atoms with Gasteiger partial charge in [-0.15, -0.1) is 10.2 Å². The maximum Gasteiger partial charge on any atom is 0.276 e. The molecular weight excluding hydrogens is 280 g/mol. The highest BCUT2D eigenvalue weighted by molar-refractivity contribution is 7.99. The molecule has 3 heterocycles. The summed E-state index contributed by atoms with van der Waals surface area (Å²) in [6.45, 7) is 0.378. The largest absolute Gasteiger partial charge is 0.410 e. The van der Waals surface area contributed by atoms with Gasteiger partial charge in [0, 0.05) is 31.3 Å². The normalized spacial score (nSPS) is 15.3. The second-order valence-corrected chi connectivity index (χ2v) is 5.29. The number of carbonyl (C=O) groups is 2. The van der Waals surface area contributed by atoms with Gasteiger partial charge in [-0.2, -0.15) is 0 Å². The number of imide groups is 1. The molecule has 104 valence electrons. The van der Waals surface area contributed by atoms with Crippen LogP contribution in [0.4, 0.5) is 0 Å². The third kappa shape index (κ3) is 2.60. The number of nitrogens with zero attached hydrogens (tertiary/aromatic N) is 3. The van der Waals surface area contributed by atoms with E-state index in [2.05, 4.69) is 15.2 Å². The molecule has 1 aliphatic rings. The molecular formula is C12H12N4O3S. The SMILES string of the molecule is O=C1CCC(=O)N1CCSc1nnc(-c2ccc[nH]2)o1. The smallest absolute Gasteiger partial charge is 0.276 e. The Morgan fingerprint density at radius 3 is 2.80 bits per heavy atom. The Hall–Kier alpha value is -2.09. The monoisotopic (exact) mass is 292 g/mol. The number of amides is 2. The van der Waals surface area contributed by atoms with E-state index in [1.54, 1.807) is 6.20 Å². The van der Waals surface area contributed by atoms with Crippen molar-refractivity contribution in [3.8, 4) is 11.6 Å². The molecule has 3 rings (SSSR count). The topological polar surface area (TPSA) is 92.1 Å². The number of H-pyrrole nitrogens is 1. The summed E-state index contributed by atoms with van der Waals surface area (Å²) >= 11 is 1.33. The Balaban J connectivity index is 1.54. The minimum absolute atomic E-state index is 0.104. The number of nitrogens with one attached hydrogen (secondary N) is 1. The van der Waals surface area contributed by atoms with Crippen molar-refractivity contribution < 1.29 is 14.0 Å². The molecule has 0 unspecified atom stereocenters. The molecule has 1 N–H and O–H groups in total. The summed E-state index contributed by atoms with van der Waals surface area (Å²) in [7, 11) is 0. The van der Waals surface area contributed by atoms with Crippen LogP contribution < -0.4 is 0 Å². The first-order valence-electron chi connectivity index (χ1n) is 6.17. The standard InChI is InChI=1S/C12H12N4O3S/c17-9-3-4-10(18)16(9)6-7-20-12-15-14-11(19-12)8-2-1-5-13-8/h1-2,5,13H,3-4,6-7H2. The molecule has 1 aliphatic heterocycles. The second kappa shape index (κ2) is 5.49. The number of rotatable bonds is 5. The van der Waals surface area contributed by atoms with E-state index in [0.29, 0.717) is 36.3 Å². The first-order chi connectivity index (χ1) is 9.74. The summed E-state index contributed by atoms with van der Waals surface area (Å²) in [5.74, 6) is 0.761. The molecule has 1 fully saturated rings. The summed E-state index contributed by atoms with van der Waals surface area (Å²) in [5, 5.41) is 8.26. The van der Waals surface area contributed by atoms with Crippen LogP contribution in [0.5, 0.6) is 0 Å². The van der Waals surface area contributed by atoms with Crippen LogP contribution in [0.15, 0.2) is 28.0 Å². The molecule has 8 heteroatoms. The van der Waals surface area contributed by atoms with Gasteiger partial charge in [-0.05, 0) is 12.1 Å². The lowest BCUT2D eigenvalue weighted by Crippen LogP contribution is -2.31. The Morgan fingerprint density at radius 1 is 1.30 bits per heavy atom. The number of aromatic nitrogens is 3. The van der Waals surface area contributed by atoms with Crippen molar-refractivity contribution in [1.82, 2.24) is 20.1 Å². The molecule has 1 saturated heterocycles. The lowest BCUT2D eigenvalue weighted by Gasteiger charge is -2.11. The Morgan fingerprint density at radius 2 is 2.10 bits per heavy atom. The number of aromatic amines is 1. The van der Waals surface area contributed by atoms with E-state index in [1.807, 2.05) is 12.1 Å².